The van der Waals surface area contributed by atoms with Gasteiger partial charge in [0.25, 0.3) is 0 Å². The third-order valence-corrected chi connectivity index (χ3v) is 4.58. The predicted octanol–water partition coefficient (Wildman–Crippen LogP) is 2.13. The Balaban J connectivity index is 0.00000288. The van der Waals surface area contributed by atoms with Crippen molar-refractivity contribution < 1.29 is 9.53 Å². The monoisotopic (exact) mass is 376 g/mol. The second kappa shape index (κ2) is 9.44. The number of halogens is 2. The molecule has 0 aromatic heterocycles. The second-order valence-electron chi connectivity index (χ2n) is 5.94. The van der Waals surface area contributed by atoms with Gasteiger partial charge in [0.05, 0.1) is 25.4 Å². The van der Waals surface area contributed by atoms with Gasteiger partial charge < -0.3 is 15.8 Å². The number of amides is 1. The maximum Gasteiger partial charge on any atom is 0.238 e. The van der Waals surface area contributed by atoms with Crippen molar-refractivity contribution in [1.82, 2.24) is 16.2 Å². The fraction of sp³-hybridized carbons (Fsp3) is 0.562. The number of ether oxygens (including phenoxy) is 1. The lowest BCUT2D eigenvalue weighted by molar-refractivity contribution is -0.124. The van der Waals surface area contributed by atoms with Crippen LogP contribution in [-0.2, 0) is 4.79 Å². The number of hydrogen-bond acceptors (Lipinski definition) is 5. The van der Waals surface area contributed by atoms with Crippen molar-refractivity contribution >= 4 is 29.9 Å². The highest BCUT2D eigenvalue weighted by Crippen LogP contribution is 2.32. The number of benzene rings is 1. The molecule has 8 heteroatoms. The molecule has 1 aromatic carbocycles. The van der Waals surface area contributed by atoms with Gasteiger partial charge in [-0.15, -0.1) is 12.4 Å². The highest BCUT2D eigenvalue weighted by Gasteiger charge is 2.30. The lowest BCUT2D eigenvalue weighted by atomic mass is 9.99. The van der Waals surface area contributed by atoms with Gasteiger partial charge in [-0.3, -0.25) is 4.79 Å². The lowest BCUT2D eigenvalue weighted by Crippen LogP contribution is -2.52. The zero-order chi connectivity index (χ0) is 17.0. The van der Waals surface area contributed by atoms with Crippen molar-refractivity contribution in [2.45, 2.75) is 44.9 Å². The quantitative estimate of drug-likeness (QED) is 0.610. The van der Waals surface area contributed by atoms with Crippen LogP contribution < -0.4 is 26.6 Å². The molecule has 1 amide bonds. The van der Waals surface area contributed by atoms with Crippen LogP contribution in [0.4, 0.5) is 0 Å². The molecule has 2 rings (SSSR count). The van der Waals surface area contributed by atoms with Crippen LogP contribution in [0.1, 0.15) is 38.3 Å². The Morgan fingerprint density at radius 1 is 1.50 bits per heavy atom. The van der Waals surface area contributed by atoms with Crippen molar-refractivity contribution in [3.63, 3.8) is 0 Å². The van der Waals surface area contributed by atoms with Crippen molar-refractivity contribution in [2.75, 3.05) is 7.11 Å². The average molecular weight is 377 g/mol. The first-order valence-electron chi connectivity index (χ1n) is 7.86. The van der Waals surface area contributed by atoms with E-state index in [1.165, 1.54) is 0 Å². The number of carbonyl (C=O) groups excluding carboxylic acids is 1. The first-order chi connectivity index (χ1) is 11.0. The fourth-order valence-electron chi connectivity index (χ4n) is 2.61. The first-order valence-corrected chi connectivity index (χ1v) is 8.24. The Kier molecular flexibility index (Phi) is 8.26. The zero-order valence-corrected chi connectivity index (χ0v) is 15.7. The van der Waals surface area contributed by atoms with Crippen molar-refractivity contribution in [1.29, 1.82) is 0 Å². The summed E-state index contributed by atoms with van der Waals surface area (Å²) in [5, 5.41) is 3.58. The van der Waals surface area contributed by atoms with E-state index >= 15 is 0 Å². The molecule has 0 aliphatic carbocycles. The number of hydrazine groups is 1. The van der Waals surface area contributed by atoms with Gasteiger partial charge in [-0.2, -0.15) is 0 Å². The number of rotatable bonds is 6. The van der Waals surface area contributed by atoms with Crippen LogP contribution in [0.3, 0.4) is 0 Å². The average Bonchev–Trinajstić information content (AvgIpc) is 3.01. The molecular weight excluding hydrogens is 351 g/mol. The highest BCUT2D eigenvalue weighted by atomic mass is 35.5. The van der Waals surface area contributed by atoms with E-state index in [-0.39, 0.29) is 36.4 Å². The Bertz CT molecular complexity index is 559. The maximum atomic E-state index is 12.2. The van der Waals surface area contributed by atoms with Gasteiger partial charge in [0.15, 0.2) is 0 Å². The largest absolute Gasteiger partial charge is 0.496 e. The molecule has 1 aromatic rings. The van der Waals surface area contributed by atoms with Crippen molar-refractivity contribution in [2.24, 2.45) is 11.7 Å². The minimum Gasteiger partial charge on any atom is -0.496 e. The summed E-state index contributed by atoms with van der Waals surface area (Å²) in [5.41, 5.74) is 13.2. The lowest BCUT2D eigenvalue weighted by Gasteiger charge is -2.20. The first kappa shape index (κ1) is 21.0. The van der Waals surface area contributed by atoms with Crippen LogP contribution in [0.15, 0.2) is 18.2 Å². The summed E-state index contributed by atoms with van der Waals surface area (Å²) in [7, 11) is 1.62. The normalized spacial score (nSPS) is 22.4. The molecule has 0 saturated carbocycles. The van der Waals surface area contributed by atoms with E-state index < -0.39 is 6.04 Å². The summed E-state index contributed by atoms with van der Waals surface area (Å²) in [4.78, 5) is 12.2. The van der Waals surface area contributed by atoms with Gasteiger partial charge in [0, 0.05) is 17.0 Å². The number of carbonyl (C=O) groups is 1. The second-order valence-corrected chi connectivity index (χ2v) is 6.37. The van der Waals surface area contributed by atoms with Crippen LogP contribution >= 0.6 is 24.0 Å². The number of nitrogens with two attached hydrogens (primary N) is 1. The Hall–Kier alpha value is -1.05. The van der Waals surface area contributed by atoms with Gasteiger partial charge in [-0.25, -0.2) is 10.9 Å². The molecule has 0 bridgehead atoms. The fourth-order valence-corrected chi connectivity index (χ4v) is 2.79. The number of methoxy groups -OCH3 is 1. The van der Waals surface area contributed by atoms with Crippen molar-refractivity contribution in [3.8, 4) is 5.75 Å². The molecule has 1 aliphatic heterocycles. The molecule has 0 spiro atoms. The Labute approximate surface area is 154 Å². The van der Waals surface area contributed by atoms with Crippen LogP contribution in [0, 0.1) is 5.92 Å². The molecule has 1 aliphatic rings. The smallest absolute Gasteiger partial charge is 0.238 e. The summed E-state index contributed by atoms with van der Waals surface area (Å²) >= 11 is 6.08. The molecule has 136 valence electrons. The summed E-state index contributed by atoms with van der Waals surface area (Å²) in [5.74, 6) is 0.766. The van der Waals surface area contributed by atoms with Crippen molar-refractivity contribution in [3.05, 3.63) is 28.8 Å². The van der Waals surface area contributed by atoms with E-state index in [9.17, 15) is 4.79 Å². The maximum absolute atomic E-state index is 12.2. The molecule has 1 heterocycles. The van der Waals surface area contributed by atoms with Crippen LogP contribution in [0.2, 0.25) is 5.02 Å². The molecule has 6 nitrogen and oxygen atoms in total. The van der Waals surface area contributed by atoms with Crippen LogP contribution in [-0.4, -0.2) is 25.2 Å². The minimum atomic E-state index is -0.499. The highest BCUT2D eigenvalue weighted by molar-refractivity contribution is 6.30. The predicted molar refractivity (Wildman–Crippen MR) is 98.2 cm³/mol. The molecule has 5 N–H and O–H groups in total. The van der Waals surface area contributed by atoms with Gasteiger partial charge in [0.1, 0.15) is 5.75 Å². The summed E-state index contributed by atoms with van der Waals surface area (Å²) in [6.45, 7) is 4.00. The minimum absolute atomic E-state index is 0. The summed E-state index contributed by atoms with van der Waals surface area (Å²) in [6.07, 6.45) is 1.36. The van der Waals surface area contributed by atoms with E-state index in [1.54, 1.807) is 13.2 Å². The zero-order valence-electron chi connectivity index (χ0n) is 14.1. The molecule has 4 unspecified atom stereocenters. The molecule has 4 atom stereocenters. The van der Waals surface area contributed by atoms with E-state index in [2.05, 4.69) is 16.2 Å². The molecule has 1 fully saturated rings. The third-order valence-electron chi connectivity index (χ3n) is 4.35. The summed E-state index contributed by atoms with van der Waals surface area (Å²) in [6, 6.07) is 4.99. The van der Waals surface area contributed by atoms with E-state index in [0.29, 0.717) is 11.4 Å². The van der Waals surface area contributed by atoms with Gasteiger partial charge in [-0.1, -0.05) is 31.9 Å². The van der Waals surface area contributed by atoms with E-state index in [0.717, 1.165) is 17.7 Å². The Morgan fingerprint density at radius 2 is 2.21 bits per heavy atom. The van der Waals surface area contributed by atoms with Gasteiger partial charge in [0.2, 0.25) is 5.91 Å². The SMILES string of the molecule is CCC(C)C(N)C(=O)NC1CC(c2cc(Cl)ccc2OC)NN1.Cl. The Morgan fingerprint density at radius 3 is 2.83 bits per heavy atom. The van der Waals surface area contributed by atoms with Crippen LogP contribution in [0.5, 0.6) is 5.75 Å². The molecule has 0 radical (unpaired) electrons. The molecule has 1 saturated heterocycles. The van der Waals surface area contributed by atoms with E-state index in [1.807, 2.05) is 26.0 Å². The van der Waals surface area contributed by atoms with E-state index in [4.69, 9.17) is 22.1 Å². The topological polar surface area (TPSA) is 88.4 Å². The summed E-state index contributed by atoms with van der Waals surface area (Å²) < 4.78 is 5.38. The number of nitrogens with one attached hydrogen (secondary N) is 3. The van der Waals surface area contributed by atoms with Gasteiger partial charge in [-0.05, 0) is 24.1 Å². The van der Waals surface area contributed by atoms with Crippen LogP contribution in [0.25, 0.3) is 0 Å². The molecule has 24 heavy (non-hydrogen) atoms. The standard InChI is InChI=1S/C16H25ClN4O2.ClH/c1-4-9(2)15(18)16(22)19-14-8-12(20-21-14)11-7-10(17)5-6-13(11)23-3;/h5-7,9,12,14-15,20-21H,4,8,18H2,1-3H3,(H,19,22);1H. The number of hydrogen-bond donors (Lipinski definition) is 4. The third kappa shape index (κ3) is 4.97. The van der Waals surface area contributed by atoms with Gasteiger partial charge >= 0.3 is 0 Å². The molecular formula is C16H26Cl2N4O2.